The van der Waals surface area contributed by atoms with E-state index >= 15 is 0 Å². The molecule has 1 N–H and O–H groups in total. The number of ether oxygens (including phenoxy) is 1. The topological polar surface area (TPSA) is 64.1 Å². The quantitative estimate of drug-likeness (QED) is 0.907. The zero-order valence-corrected chi connectivity index (χ0v) is 11.8. The Morgan fingerprint density at radius 2 is 2.21 bits per heavy atom. The zero-order chi connectivity index (χ0) is 14.0. The van der Waals surface area contributed by atoms with Crippen LogP contribution in [0.15, 0.2) is 21.9 Å². The fourth-order valence-corrected chi connectivity index (χ4v) is 3.11. The van der Waals surface area contributed by atoms with Crippen molar-refractivity contribution in [3.8, 4) is 0 Å². The minimum Gasteiger partial charge on any atom is -0.351 e. The average Bonchev–Trinajstić information content (AvgIpc) is 2.67. The molecule has 2 heterocycles. The molecule has 106 valence electrons. The van der Waals surface area contributed by atoms with Gasteiger partial charge in [0.15, 0.2) is 0 Å². The summed E-state index contributed by atoms with van der Waals surface area (Å²) in [5.74, 6) is 0.404. The summed E-state index contributed by atoms with van der Waals surface area (Å²) < 4.78 is 7.69. The van der Waals surface area contributed by atoms with Crippen LogP contribution >= 0.6 is 0 Å². The fourth-order valence-electron chi connectivity index (χ4n) is 3.11. The normalized spacial score (nSPS) is 30.7. The summed E-state index contributed by atoms with van der Waals surface area (Å²) in [7, 11) is 0. The lowest BCUT2D eigenvalue weighted by Gasteiger charge is -2.31. The second-order valence-electron chi connectivity index (χ2n) is 5.39. The highest BCUT2D eigenvalue weighted by Crippen LogP contribution is 2.45. The molecule has 0 bridgehead atoms. The van der Waals surface area contributed by atoms with Gasteiger partial charge in [0.25, 0.3) is 5.56 Å². The average molecular weight is 266 g/mol. The van der Waals surface area contributed by atoms with Crippen molar-refractivity contribution in [2.24, 2.45) is 5.92 Å². The third kappa shape index (κ3) is 2.52. The lowest BCUT2D eigenvalue weighted by molar-refractivity contribution is -0.0918. The van der Waals surface area contributed by atoms with Crippen molar-refractivity contribution in [2.75, 3.05) is 0 Å². The Kier molecular flexibility index (Phi) is 3.94. The summed E-state index contributed by atoms with van der Waals surface area (Å²) in [5.41, 5.74) is -0.912. The predicted octanol–water partition coefficient (Wildman–Crippen LogP) is 2.04. The van der Waals surface area contributed by atoms with Gasteiger partial charge in [-0.15, -0.1) is 0 Å². The summed E-state index contributed by atoms with van der Waals surface area (Å²) in [5, 5.41) is 0. The Balaban J connectivity index is 2.29. The Labute approximate surface area is 112 Å². The molecule has 0 amide bonds. The van der Waals surface area contributed by atoms with E-state index in [1.807, 2.05) is 0 Å². The van der Waals surface area contributed by atoms with E-state index in [0.29, 0.717) is 5.92 Å². The van der Waals surface area contributed by atoms with Crippen LogP contribution in [0.1, 0.15) is 52.7 Å². The van der Waals surface area contributed by atoms with Crippen LogP contribution in [0.3, 0.4) is 0 Å². The Morgan fingerprint density at radius 3 is 2.79 bits per heavy atom. The van der Waals surface area contributed by atoms with Gasteiger partial charge in [-0.2, -0.15) is 0 Å². The molecule has 5 heteroatoms. The van der Waals surface area contributed by atoms with Crippen LogP contribution in [-0.4, -0.2) is 15.2 Å². The van der Waals surface area contributed by atoms with Crippen molar-refractivity contribution in [1.29, 1.82) is 0 Å². The fraction of sp³-hybridized carbons (Fsp3) is 0.714. The smallest absolute Gasteiger partial charge is 0.330 e. The highest BCUT2D eigenvalue weighted by atomic mass is 16.5. The number of rotatable bonds is 4. The number of nitrogens with zero attached hydrogens (tertiary/aromatic N) is 1. The van der Waals surface area contributed by atoms with E-state index in [0.717, 1.165) is 25.7 Å². The van der Waals surface area contributed by atoms with Crippen molar-refractivity contribution < 1.29 is 4.74 Å². The van der Waals surface area contributed by atoms with Crippen LogP contribution in [0.4, 0.5) is 0 Å². The van der Waals surface area contributed by atoms with Gasteiger partial charge in [0.2, 0.25) is 0 Å². The third-order valence-electron chi connectivity index (χ3n) is 4.26. The third-order valence-corrected chi connectivity index (χ3v) is 4.26. The van der Waals surface area contributed by atoms with Gasteiger partial charge < -0.3 is 4.74 Å². The molecule has 1 aliphatic rings. The summed E-state index contributed by atoms with van der Waals surface area (Å²) in [6, 6.07) is 1.36. The summed E-state index contributed by atoms with van der Waals surface area (Å²) in [4.78, 5) is 25.2. The first-order valence-corrected chi connectivity index (χ1v) is 7.01. The van der Waals surface area contributed by atoms with Crippen LogP contribution < -0.4 is 11.2 Å². The van der Waals surface area contributed by atoms with Gasteiger partial charge in [-0.25, -0.2) is 4.79 Å². The van der Waals surface area contributed by atoms with E-state index in [4.69, 9.17) is 4.74 Å². The molecule has 0 spiro atoms. The second kappa shape index (κ2) is 5.33. The Bertz CT molecular complexity index is 548. The van der Waals surface area contributed by atoms with E-state index < -0.39 is 5.69 Å². The van der Waals surface area contributed by atoms with E-state index in [1.165, 1.54) is 16.8 Å². The first-order chi connectivity index (χ1) is 9.02. The molecule has 1 saturated heterocycles. The molecule has 0 aromatic carbocycles. The monoisotopic (exact) mass is 266 g/mol. The Morgan fingerprint density at radius 1 is 1.47 bits per heavy atom. The zero-order valence-electron chi connectivity index (χ0n) is 11.8. The molecule has 1 aromatic rings. The number of aromatic amines is 1. The second-order valence-corrected chi connectivity index (χ2v) is 5.39. The van der Waals surface area contributed by atoms with Crippen molar-refractivity contribution in [1.82, 2.24) is 9.55 Å². The first kappa shape index (κ1) is 14.1. The predicted molar refractivity (Wildman–Crippen MR) is 73.2 cm³/mol. The molecular formula is C14H22N2O3. The van der Waals surface area contributed by atoms with Gasteiger partial charge in [-0.05, 0) is 25.2 Å². The van der Waals surface area contributed by atoms with Gasteiger partial charge in [0.1, 0.15) is 6.23 Å². The van der Waals surface area contributed by atoms with Crippen molar-refractivity contribution in [3.63, 3.8) is 0 Å². The molecule has 1 unspecified atom stereocenters. The van der Waals surface area contributed by atoms with E-state index in [2.05, 4.69) is 25.8 Å². The Hall–Kier alpha value is -1.36. The van der Waals surface area contributed by atoms with Crippen molar-refractivity contribution in [2.45, 2.75) is 58.3 Å². The van der Waals surface area contributed by atoms with Gasteiger partial charge in [0.05, 0.1) is 5.60 Å². The minimum atomic E-state index is -0.395. The lowest BCUT2D eigenvalue weighted by atomic mass is 9.83. The summed E-state index contributed by atoms with van der Waals surface area (Å²) in [6.07, 6.45) is 5.06. The van der Waals surface area contributed by atoms with Gasteiger partial charge >= 0.3 is 5.69 Å². The number of H-pyrrole nitrogens is 1. The van der Waals surface area contributed by atoms with Gasteiger partial charge in [0, 0.05) is 12.3 Å². The molecule has 0 aliphatic carbocycles. The molecule has 1 aromatic heterocycles. The highest BCUT2D eigenvalue weighted by Gasteiger charge is 2.44. The van der Waals surface area contributed by atoms with Gasteiger partial charge in [-0.1, -0.05) is 27.2 Å². The van der Waals surface area contributed by atoms with Crippen LogP contribution in [0.25, 0.3) is 0 Å². The van der Waals surface area contributed by atoms with Crippen LogP contribution in [-0.2, 0) is 4.74 Å². The molecule has 0 radical (unpaired) electrons. The maximum atomic E-state index is 11.8. The summed E-state index contributed by atoms with van der Waals surface area (Å²) >= 11 is 0. The molecular weight excluding hydrogens is 244 g/mol. The molecule has 19 heavy (non-hydrogen) atoms. The SMILES string of the molecule is CCCC1(CC)O[C@@H](n2ccc(=O)[nH]c2=O)C[C@@H]1C. The maximum Gasteiger partial charge on any atom is 0.330 e. The maximum absolute atomic E-state index is 11.8. The summed E-state index contributed by atoms with van der Waals surface area (Å²) in [6.45, 7) is 6.45. The largest absolute Gasteiger partial charge is 0.351 e. The molecule has 1 aliphatic heterocycles. The molecule has 5 nitrogen and oxygen atoms in total. The van der Waals surface area contributed by atoms with E-state index in [1.54, 1.807) is 0 Å². The van der Waals surface area contributed by atoms with Crippen molar-refractivity contribution >= 4 is 0 Å². The van der Waals surface area contributed by atoms with E-state index in [-0.39, 0.29) is 17.4 Å². The van der Waals surface area contributed by atoms with Crippen LogP contribution in [0.2, 0.25) is 0 Å². The molecule has 2 rings (SSSR count). The van der Waals surface area contributed by atoms with Crippen LogP contribution in [0, 0.1) is 5.92 Å². The first-order valence-electron chi connectivity index (χ1n) is 7.01. The number of aromatic nitrogens is 2. The van der Waals surface area contributed by atoms with E-state index in [9.17, 15) is 9.59 Å². The molecule has 3 atom stereocenters. The van der Waals surface area contributed by atoms with Gasteiger partial charge in [-0.3, -0.25) is 14.3 Å². The highest BCUT2D eigenvalue weighted by molar-refractivity contribution is 4.94. The number of hydrogen-bond acceptors (Lipinski definition) is 3. The van der Waals surface area contributed by atoms with Crippen molar-refractivity contribution in [3.05, 3.63) is 33.1 Å². The number of hydrogen-bond donors (Lipinski definition) is 1. The lowest BCUT2D eigenvalue weighted by Crippen LogP contribution is -2.35. The standard InChI is InChI=1S/C14H22N2O3/c1-4-7-14(5-2)10(3)9-12(19-14)16-8-6-11(17)15-13(16)18/h6,8,10,12H,4-5,7,9H2,1-3H3,(H,15,17,18)/t10-,12+,14?/m0/s1. The van der Waals surface area contributed by atoms with Crippen LogP contribution in [0.5, 0.6) is 0 Å². The number of nitrogens with one attached hydrogen (secondary N) is 1. The minimum absolute atomic E-state index is 0.144. The molecule has 0 saturated carbocycles. The molecule has 1 fully saturated rings.